The lowest BCUT2D eigenvalue weighted by molar-refractivity contribution is -0.130. The molecule has 2 atom stereocenters. The Morgan fingerprint density at radius 3 is 2.30 bits per heavy atom. The minimum Gasteiger partial charge on any atom is -0.351 e. The van der Waals surface area contributed by atoms with E-state index < -0.39 is 6.04 Å². The zero-order valence-electron chi connectivity index (χ0n) is 17.1. The molecule has 0 saturated heterocycles. The Morgan fingerprint density at radius 1 is 0.900 bits per heavy atom. The molecule has 6 heteroatoms. The van der Waals surface area contributed by atoms with Crippen LogP contribution in [0.3, 0.4) is 0 Å². The maximum atomic E-state index is 13.1. The summed E-state index contributed by atoms with van der Waals surface area (Å²) in [6, 6.07) is 16.9. The molecule has 1 aliphatic heterocycles. The van der Waals surface area contributed by atoms with Crippen molar-refractivity contribution in [2.24, 2.45) is 0 Å². The Labute approximate surface area is 184 Å². The molecule has 5 nitrogen and oxygen atoms in total. The largest absolute Gasteiger partial charge is 0.351 e. The second-order valence-electron chi connectivity index (χ2n) is 8.10. The number of fused-ring (bicyclic) bond motifs is 1. The average Bonchev–Trinajstić information content (AvgIpc) is 2.78. The number of halogens is 1. The molecule has 1 aliphatic carbocycles. The summed E-state index contributed by atoms with van der Waals surface area (Å²) in [5.41, 5.74) is 3.23. The molecule has 30 heavy (non-hydrogen) atoms. The molecule has 1 saturated carbocycles. The molecule has 0 bridgehead atoms. The van der Waals surface area contributed by atoms with Crippen molar-refractivity contribution in [1.29, 1.82) is 0 Å². The number of rotatable bonds is 5. The highest BCUT2D eigenvalue weighted by Gasteiger charge is 2.30. The number of carbonyl (C=O) groups excluding carboxylic acids is 2. The fourth-order valence-corrected chi connectivity index (χ4v) is 4.36. The molecule has 0 spiro atoms. The maximum Gasteiger partial charge on any atom is 0.247 e. The first kappa shape index (κ1) is 22.3. The summed E-state index contributed by atoms with van der Waals surface area (Å²) in [4.78, 5) is 26.1. The van der Waals surface area contributed by atoms with E-state index in [1.807, 2.05) is 42.5 Å². The normalized spacial score (nSPS) is 19.7. The van der Waals surface area contributed by atoms with Crippen molar-refractivity contribution < 1.29 is 9.59 Å². The second kappa shape index (κ2) is 10.6. The first-order valence-corrected chi connectivity index (χ1v) is 10.7. The third-order valence-corrected chi connectivity index (χ3v) is 6.03. The smallest absolute Gasteiger partial charge is 0.247 e. The number of carbonyl (C=O) groups is 2. The fraction of sp³-hybridized carbons (Fsp3) is 0.417. The summed E-state index contributed by atoms with van der Waals surface area (Å²) >= 11 is 0. The van der Waals surface area contributed by atoms with Gasteiger partial charge in [0.1, 0.15) is 6.04 Å². The molecule has 2 aromatic carbocycles. The van der Waals surface area contributed by atoms with Gasteiger partial charge in [0.25, 0.3) is 0 Å². The van der Waals surface area contributed by atoms with Crippen molar-refractivity contribution in [3.05, 3.63) is 71.3 Å². The molecule has 4 rings (SSSR count). The SMILES string of the molecule is Cl.O=C(N[C@@H](C(=O)NC1CCCCC1)c1ccccc1)[C@@H]1Cc2ccccc2CN1. The molecule has 0 radical (unpaired) electrons. The number of amides is 2. The zero-order chi connectivity index (χ0) is 20.1. The molecule has 3 N–H and O–H groups in total. The van der Waals surface area contributed by atoms with Crippen LogP contribution in [0.1, 0.15) is 54.8 Å². The predicted octanol–water partition coefficient (Wildman–Crippen LogP) is 3.43. The van der Waals surface area contributed by atoms with Crippen LogP contribution in [0.2, 0.25) is 0 Å². The van der Waals surface area contributed by atoms with Gasteiger partial charge in [-0.2, -0.15) is 0 Å². The van der Waals surface area contributed by atoms with Gasteiger partial charge in [-0.15, -0.1) is 12.4 Å². The first-order chi connectivity index (χ1) is 14.2. The number of nitrogens with one attached hydrogen (secondary N) is 3. The van der Waals surface area contributed by atoms with Gasteiger partial charge in [-0.1, -0.05) is 73.9 Å². The summed E-state index contributed by atoms with van der Waals surface area (Å²) in [6.45, 7) is 0.665. The minimum atomic E-state index is -0.676. The molecule has 2 aromatic rings. The van der Waals surface area contributed by atoms with Crippen molar-refractivity contribution in [2.45, 2.75) is 63.2 Å². The molecule has 1 heterocycles. The Kier molecular flexibility index (Phi) is 7.88. The number of hydrogen-bond donors (Lipinski definition) is 3. The van der Waals surface area contributed by atoms with Crippen molar-refractivity contribution in [2.75, 3.05) is 0 Å². The van der Waals surface area contributed by atoms with Crippen molar-refractivity contribution in [3.8, 4) is 0 Å². The van der Waals surface area contributed by atoms with Crippen LogP contribution in [0.4, 0.5) is 0 Å². The van der Waals surface area contributed by atoms with Crippen LogP contribution in [0, 0.1) is 0 Å². The van der Waals surface area contributed by atoms with Crippen LogP contribution >= 0.6 is 12.4 Å². The van der Waals surface area contributed by atoms with Crippen LogP contribution in [0.5, 0.6) is 0 Å². The van der Waals surface area contributed by atoms with Gasteiger partial charge < -0.3 is 16.0 Å². The lowest BCUT2D eigenvalue weighted by atomic mass is 9.94. The van der Waals surface area contributed by atoms with Gasteiger partial charge in [0.2, 0.25) is 11.8 Å². The van der Waals surface area contributed by atoms with Crippen molar-refractivity contribution >= 4 is 24.2 Å². The third-order valence-electron chi connectivity index (χ3n) is 6.03. The molecule has 0 aromatic heterocycles. The van der Waals surface area contributed by atoms with Gasteiger partial charge in [0.15, 0.2) is 0 Å². The van der Waals surface area contributed by atoms with E-state index in [2.05, 4.69) is 28.1 Å². The van der Waals surface area contributed by atoms with Crippen LogP contribution in [0.15, 0.2) is 54.6 Å². The molecular formula is C24H30ClN3O2. The van der Waals surface area contributed by atoms with Crippen LogP contribution in [0.25, 0.3) is 0 Å². The van der Waals surface area contributed by atoms with E-state index in [1.165, 1.54) is 17.5 Å². The molecule has 0 unspecified atom stereocenters. The Bertz CT molecular complexity index is 853. The van der Waals surface area contributed by atoms with E-state index in [0.29, 0.717) is 13.0 Å². The first-order valence-electron chi connectivity index (χ1n) is 10.7. The molecule has 160 valence electrons. The van der Waals surface area contributed by atoms with Gasteiger partial charge in [-0.05, 0) is 36.0 Å². The van der Waals surface area contributed by atoms with Gasteiger partial charge in [0.05, 0.1) is 6.04 Å². The van der Waals surface area contributed by atoms with Gasteiger partial charge in [-0.25, -0.2) is 0 Å². The van der Waals surface area contributed by atoms with Gasteiger partial charge in [0, 0.05) is 12.6 Å². The predicted molar refractivity (Wildman–Crippen MR) is 120 cm³/mol. The third kappa shape index (κ3) is 5.41. The van der Waals surface area contributed by atoms with Crippen LogP contribution in [-0.4, -0.2) is 23.9 Å². The highest BCUT2D eigenvalue weighted by atomic mass is 35.5. The highest BCUT2D eigenvalue weighted by Crippen LogP contribution is 2.21. The topological polar surface area (TPSA) is 70.2 Å². The van der Waals surface area contributed by atoms with Crippen molar-refractivity contribution in [3.63, 3.8) is 0 Å². The lowest BCUT2D eigenvalue weighted by Gasteiger charge is -2.29. The summed E-state index contributed by atoms with van der Waals surface area (Å²) in [5.74, 6) is -0.250. The monoisotopic (exact) mass is 427 g/mol. The lowest BCUT2D eigenvalue weighted by Crippen LogP contribution is -2.52. The zero-order valence-corrected chi connectivity index (χ0v) is 17.9. The number of benzene rings is 2. The maximum absolute atomic E-state index is 13.1. The Hall–Kier alpha value is -2.37. The second-order valence-corrected chi connectivity index (χ2v) is 8.10. The van der Waals surface area contributed by atoms with E-state index in [0.717, 1.165) is 31.2 Å². The van der Waals surface area contributed by atoms with E-state index in [4.69, 9.17) is 0 Å². The van der Waals surface area contributed by atoms with E-state index >= 15 is 0 Å². The van der Waals surface area contributed by atoms with Crippen molar-refractivity contribution in [1.82, 2.24) is 16.0 Å². The summed E-state index contributed by atoms with van der Waals surface area (Å²) < 4.78 is 0. The molecule has 2 aliphatic rings. The summed E-state index contributed by atoms with van der Waals surface area (Å²) in [7, 11) is 0. The standard InChI is InChI=1S/C24H29N3O2.ClH/c28-23(21-15-18-11-7-8-12-19(18)16-25-21)27-22(17-9-3-1-4-10-17)24(29)26-20-13-5-2-6-14-20;/h1,3-4,7-12,20-22,25H,2,5-6,13-16H2,(H,26,29)(H,27,28);1H/t21-,22+;/m0./s1. The van der Waals surface area contributed by atoms with E-state index in [1.54, 1.807) is 0 Å². The highest BCUT2D eigenvalue weighted by molar-refractivity contribution is 5.91. The quantitative estimate of drug-likeness (QED) is 0.684. The summed E-state index contributed by atoms with van der Waals surface area (Å²) in [6.07, 6.45) is 6.20. The fourth-order valence-electron chi connectivity index (χ4n) is 4.36. The van der Waals surface area contributed by atoms with Crippen LogP contribution < -0.4 is 16.0 Å². The minimum absolute atomic E-state index is 0. The average molecular weight is 428 g/mol. The van der Waals surface area contributed by atoms with Gasteiger partial charge >= 0.3 is 0 Å². The Morgan fingerprint density at radius 2 is 1.57 bits per heavy atom. The van der Waals surface area contributed by atoms with E-state index in [-0.39, 0.29) is 36.3 Å². The van der Waals surface area contributed by atoms with Crippen LogP contribution in [-0.2, 0) is 22.6 Å². The summed E-state index contributed by atoms with van der Waals surface area (Å²) in [5, 5.41) is 9.49. The van der Waals surface area contributed by atoms with E-state index in [9.17, 15) is 9.59 Å². The molecular weight excluding hydrogens is 398 g/mol. The molecule has 1 fully saturated rings. The van der Waals surface area contributed by atoms with Gasteiger partial charge in [-0.3, -0.25) is 9.59 Å². The number of hydrogen-bond acceptors (Lipinski definition) is 3. The molecule has 2 amide bonds. The Balaban J connectivity index is 0.00000256.